The van der Waals surface area contributed by atoms with Gasteiger partial charge in [-0.25, -0.2) is 14.4 Å². The van der Waals surface area contributed by atoms with Gasteiger partial charge in [0, 0.05) is 44.3 Å². The summed E-state index contributed by atoms with van der Waals surface area (Å²) in [6, 6.07) is 14.9. The molecule has 0 aliphatic carbocycles. The zero-order chi connectivity index (χ0) is 23.9. The van der Waals surface area contributed by atoms with E-state index in [1.807, 2.05) is 18.2 Å². The number of carbonyl (C=O) groups excluding carboxylic acids is 1. The number of nitrogens with one attached hydrogen (secondary N) is 2. The Labute approximate surface area is 200 Å². The van der Waals surface area contributed by atoms with Crippen molar-refractivity contribution in [2.75, 3.05) is 13.1 Å². The van der Waals surface area contributed by atoms with Gasteiger partial charge < -0.3 is 10.3 Å². The van der Waals surface area contributed by atoms with Gasteiger partial charge in [-0.2, -0.15) is 5.10 Å². The molecule has 1 aliphatic heterocycles. The Kier molecular flexibility index (Phi) is 5.26. The second kappa shape index (κ2) is 8.59. The molecule has 0 bridgehead atoms. The van der Waals surface area contributed by atoms with Gasteiger partial charge in [-0.1, -0.05) is 30.3 Å². The molecule has 3 aromatic heterocycles. The number of carbonyl (C=O) groups is 1. The van der Waals surface area contributed by atoms with Crippen LogP contribution in [0.1, 0.15) is 22.3 Å². The highest BCUT2D eigenvalue weighted by Crippen LogP contribution is 2.28. The van der Waals surface area contributed by atoms with E-state index in [1.165, 1.54) is 17.7 Å². The molecule has 1 atom stereocenters. The summed E-state index contributed by atoms with van der Waals surface area (Å²) in [5, 5.41) is 8.45. The summed E-state index contributed by atoms with van der Waals surface area (Å²) in [4.78, 5) is 27.7. The first-order valence-electron chi connectivity index (χ1n) is 11.6. The Bertz CT molecular complexity index is 1540. The zero-order valence-corrected chi connectivity index (χ0v) is 19.2. The number of benzene rings is 2. The fraction of sp³-hybridized carbons (Fsp3) is 0.231. The number of fused-ring (bicyclic) bond motifs is 2. The molecule has 9 heteroatoms. The smallest absolute Gasteiger partial charge is 0.255 e. The monoisotopic (exact) mass is 469 g/mol. The quantitative estimate of drug-likeness (QED) is 0.410. The molecule has 2 aromatic carbocycles. The van der Waals surface area contributed by atoms with Gasteiger partial charge in [0.15, 0.2) is 5.65 Å². The number of hydrogen-bond donors (Lipinski definition) is 2. The number of nitrogens with zero attached hydrogens (tertiary/aromatic N) is 5. The minimum atomic E-state index is -0.326. The van der Waals surface area contributed by atoms with E-state index in [0.717, 1.165) is 31.4 Å². The van der Waals surface area contributed by atoms with Crippen LogP contribution in [0, 0.1) is 5.82 Å². The molecular weight excluding hydrogens is 445 g/mol. The molecule has 2 N–H and O–H groups in total. The first-order valence-corrected chi connectivity index (χ1v) is 11.6. The van der Waals surface area contributed by atoms with Crippen molar-refractivity contribution in [3.63, 3.8) is 0 Å². The van der Waals surface area contributed by atoms with E-state index in [0.29, 0.717) is 33.6 Å². The number of H-pyrrole nitrogens is 1. The third-order valence-corrected chi connectivity index (χ3v) is 6.54. The van der Waals surface area contributed by atoms with E-state index in [-0.39, 0.29) is 17.8 Å². The number of aromatic nitrogens is 5. The van der Waals surface area contributed by atoms with Crippen molar-refractivity contribution in [1.29, 1.82) is 0 Å². The summed E-state index contributed by atoms with van der Waals surface area (Å²) in [5.74, 6) is -0.505. The lowest BCUT2D eigenvalue weighted by atomic mass is 10.1. The van der Waals surface area contributed by atoms with Crippen LogP contribution < -0.4 is 5.32 Å². The SMILES string of the molecule is Cn1nc(-c2cnc3[nH]cc(C(=O)NC4CCN(Cc5ccccc5)C4)c3n2)c2ccc(F)cc21. The summed E-state index contributed by atoms with van der Waals surface area (Å²) in [6.07, 6.45) is 4.16. The van der Waals surface area contributed by atoms with Crippen LogP contribution in [0.15, 0.2) is 60.9 Å². The highest BCUT2D eigenvalue weighted by Gasteiger charge is 2.26. The topological polar surface area (TPSA) is 91.7 Å². The minimum absolute atomic E-state index is 0.0712. The average Bonchev–Trinajstić information content (AvgIpc) is 3.57. The van der Waals surface area contributed by atoms with Crippen LogP contribution in [-0.4, -0.2) is 54.7 Å². The maximum Gasteiger partial charge on any atom is 0.255 e. The summed E-state index contributed by atoms with van der Waals surface area (Å²) >= 11 is 0. The normalized spacial score (nSPS) is 16.3. The van der Waals surface area contributed by atoms with Crippen molar-refractivity contribution in [3.05, 3.63) is 77.9 Å². The van der Waals surface area contributed by atoms with Crippen LogP contribution in [0.3, 0.4) is 0 Å². The molecule has 1 amide bonds. The lowest BCUT2D eigenvalue weighted by Crippen LogP contribution is -2.37. The zero-order valence-electron chi connectivity index (χ0n) is 19.2. The first-order chi connectivity index (χ1) is 17.0. The Hall–Kier alpha value is -4.11. The fourth-order valence-corrected chi connectivity index (χ4v) is 4.80. The Morgan fingerprint density at radius 3 is 2.94 bits per heavy atom. The van der Waals surface area contributed by atoms with Crippen LogP contribution in [-0.2, 0) is 13.6 Å². The summed E-state index contributed by atoms with van der Waals surface area (Å²) in [5.41, 5.74) is 4.51. The predicted molar refractivity (Wildman–Crippen MR) is 131 cm³/mol. The van der Waals surface area contributed by atoms with Crippen molar-refractivity contribution in [1.82, 2.24) is 34.9 Å². The number of aromatic amines is 1. The second-order valence-electron chi connectivity index (χ2n) is 8.97. The number of hydrogen-bond acceptors (Lipinski definition) is 5. The van der Waals surface area contributed by atoms with Crippen molar-refractivity contribution in [2.45, 2.75) is 19.0 Å². The number of aryl methyl sites for hydroxylation is 1. The van der Waals surface area contributed by atoms with Gasteiger partial charge in [0.1, 0.15) is 22.7 Å². The van der Waals surface area contributed by atoms with Gasteiger partial charge >= 0.3 is 0 Å². The molecule has 0 saturated carbocycles. The van der Waals surface area contributed by atoms with Crippen molar-refractivity contribution < 1.29 is 9.18 Å². The highest BCUT2D eigenvalue weighted by molar-refractivity contribution is 6.05. The van der Waals surface area contributed by atoms with Gasteiger partial charge in [-0.05, 0) is 30.2 Å². The Morgan fingerprint density at radius 2 is 2.09 bits per heavy atom. The van der Waals surface area contributed by atoms with Crippen LogP contribution in [0.5, 0.6) is 0 Å². The lowest BCUT2D eigenvalue weighted by molar-refractivity contribution is 0.0939. The molecule has 1 fully saturated rings. The van der Waals surface area contributed by atoms with Crippen LogP contribution in [0.2, 0.25) is 0 Å². The molecule has 0 radical (unpaired) electrons. The van der Waals surface area contributed by atoms with Gasteiger partial charge in [0.2, 0.25) is 0 Å². The molecular formula is C26H24FN7O. The summed E-state index contributed by atoms with van der Waals surface area (Å²) < 4.78 is 15.3. The summed E-state index contributed by atoms with van der Waals surface area (Å²) in [6.45, 7) is 2.61. The molecule has 1 aliphatic rings. The Morgan fingerprint density at radius 1 is 1.23 bits per heavy atom. The maximum atomic E-state index is 13.7. The molecule has 5 aromatic rings. The van der Waals surface area contributed by atoms with E-state index < -0.39 is 0 Å². The lowest BCUT2D eigenvalue weighted by Gasteiger charge is -2.16. The van der Waals surface area contributed by atoms with Crippen molar-refractivity contribution >= 4 is 28.0 Å². The average molecular weight is 470 g/mol. The molecule has 8 nitrogen and oxygen atoms in total. The fourth-order valence-electron chi connectivity index (χ4n) is 4.80. The molecule has 4 heterocycles. The molecule has 6 rings (SSSR count). The Balaban J connectivity index is 1.23. The van der Waals surface area contributed by atoms with Crippen LogP contribution >= 0.6 is 0 Å². The molecule has 35 heavy (non-hydrogen) atoms. The van der Waals surface area contributed by atoms with E-state index in [9.17, 15) is 9.18 Å². The summed E-state index contributed by atoms with van der Waals surface area (Å²) in [7, 11) is 1.76. The van der Waals surface area contributed by atoms with Gasteiger partial charge in [0.25, 0.3) is 5.91 Å². The van der Waals surface area contributed by atoms with Crippen molar-refractivity contribution in [2.24, 2.45) is 7.05 Å². The third-order valence-electron chi connectivity index (χ3n) is 6.54. The number of rotatable bonds is 5. The standard InChI is InChI=1S/C26H24FN7O/c1-33-22-11-17(27)7-8-19(22)23(32-33)21-13-29-25-24(31-21)20(12-28-25)26(35)30-18-9-10-34(15-18)14-16-5-3-2-4-6-16/h2-8,11-13,18H,9-10,14-15H2,1H3,(H,28,29)(H,30,35). The minimum Gasteiger partial charge on any atom is -0.348 e. The number of halogens is 1. The second-order valence-corrected chi connectivity index (χ2v) is 8.97. The molecule has 0 spiro atoms. The predicted octanol–water partition coefficient (Wildman–Crippen LogP) is 3.66. The number of amides is 1. The largest absolute Gasteiger partial charge is 0.348 e. The molecule has 176 valence electrons. The van der Waals surface area contributed by atoms with Gasteiger partial charge in [-0.15, -0.1) is 0 Å². The first kappa shape index (κ1) is 21.4. The van der Waals surface area contributed by atoms with E-state index in [1.54, 1.807) is 30.2 Å². The van der Waals surface area contributed by atoms with E-state index >= 15 is 0 Å². The van der Waals surface area contributed by atoms with Crippen LogP contribution in [0.4, 0.5) is 4.39 Å². The highest BCUT2D eigenvalue weighted by atomic mass is 19.1. The molecule has 1 unspecified atom stereocenters. The van der Waals surface area contributed by atoms with Gasteiger partial charge in [0.05, 0.1) is 17.3 Å². The van der Waals surface area contributed by atoms with Crippen LogP contribution in [0.25, 0.3) is 33.5 Å². The van der Waals surface area contributed by atoms with E-state index in [4.69, 9.17) is 4.98 Å². The third kappa shape index (κ3) is 4.04. The van der Waals surface area contributed by atoms with Crippen molar-refractivity contribution in [3.8, 4) is 11.4 Å². The molecule has 1 saturated heterocycles. The maximum absolute atomic E-state index is 13.7. The number of likely N-dealkylation sites (tertiary alicyclic amines) is 1. The van der Waals surface area contributed by atoms with Gasteiger partial charge in [-0.3, -0.25) is 14.4 Å². The van der Waals surface area contributed by atoms with E-state index in [2.05, 4.69) is 37.4 Å².